The second kappa shape index (κ2) is 6.53. The van der Waals surface area contributed by atoms with Gasteiger partial charge in [0.2, 0.25) is 0 Å². The molecule has 0 saturated heterocycles. The molecule has 0 aromatic heterocycles. The summed E-state index contributed by atoms with van der Waals surface area (Å²) in [6, 6.07) is 10.9. The lowest BCUT2D eigenvalue weighted by Gasteiger charge is -2.14. The molecule has 0 aliphatic rings. The first-order valence-corrected chi connectivity index (χ1v) is 7.18. The standard InChI is InChI=1S/C16H17N3O2S/c1-10-7-8-11(2)13(9-10)17-16(22)18-15-12(3)5-4-6-14(15)19(20)21/h4-9H,1-3H3,(H2,17,18,22). The molecule has 0 bridgehead atoms. The Kier molecular flexibility index (Phi) is 4.72. The predicted octanol–water partition coefficient (Wildman–Crippen LogP) is 4.33. The number of para-hydroxylation sites is 1. The summed E-state index contributed by atoms with van der Waals surface area (Å²) in [5.41, 5.74) is 4.22. The number of hydrogen-bond acceptors (Lipinski definition) is 3. The minimum atomic E-state index is -0.421. The molecule has 2 aromatic carbocycles. The zero-order chi connectivity index (χ0) is 16.3. The van der Waals surface area contributed by atoms with Crippen molar-refractivity contribution in [3.63, 3.8) is 0 Å². The van der Waals surface area contributed by atoms with Gasteiger partial charge in [-0.3, -0.25) is 10.1 Å². The van der Waals surface area contributed by atoms with Crippen LogP contribution in [0.5, 0.6) is 0 Å². The topological polar surface area (TPSA) is 67.2 Å². The molecule has 0 fully saturated rings. The molecule has 0 aliphatic heterocycles. The Morgan fingerprint density at radius 3 is 2.50 bits per heavy atom. The highest BCUT2D eigenvalue weighted by molar-refractivity contribution is 7.80. The van der Waals surface area contributed by atoms with Crippen LogP contribution < -0.4 is 10.6 Å². The maximum atomic E-state index is 11.1. The minimum absolute atomic E-state index is 0.00474. The van der Waals surface area contributed by atoms with Crippen molar-refractivity contribution < 1.29 is 4.92 Å². The number of nitrogens with one attached hydrogen (secondary N) is 2. The van der Waals surface area contributed by atoms with Crippen molar-refractivity contribution in [2.75, 3.05) is 10.6 Å². The number of benzene rings is 2. The first kappa shape index (κ1) is 15.9. The Morgan fingerprint density at radius 2 is 1.82 bits per heavy atom. The highest BCUT2D eigenvalue weighted by Crippen LogP contribution is 2.28. The van der Waals surface area contributed by atoms with Gasteiger partial charge in [-0.05, 0) is 55.7 Å². The van der Waals surface area contributed by atoms with E-state index in [9.17, 15) is 10.1 Å². The van der Waals surface area contributed by atoms with Crippen LogP contribution in [0, 0.1) is 30.9 Å². The molecular weight excluding hydrogens is 298 g/mol. The van der Waals surface area contributed by atoms with Crippen molar-refractivity contribution in [2.24, 2.45) is 0 Å². The van der Waals surface area contributed by atoms with E-state index in [4.69, 9.17) is 12.2 Å². The largest absolute Gasteiger partial charge is 0.332 e. The summed E-state index contributed by atoms with van der Waals surface area (Å²) in [7, 11) is 0. The average Bonchev–Trinajstić information content (AvgIpc) is 2.44. The maximum absolute atomic E-state index is 11.1. The third-order valence-corrected chi connectivity index (χ3v) is 3.53. The summed E-state index contributed by atoms with van der Waals surface area (Å²) in [5.74, 6) is 0. The number of anilines is 2. The van der Waals surface area contributed by atoms with Crippen LogP contribution in [0.25, 0.3) is 0 Å². The van der Waals surface area contributed by atoms with Gasteiger partial charge in [-0.25, -0.2) is 0 Å². The number of aryl methyl sites for hydroxylation is 3. The molecule has 6 heteroatoms. The highest BCUT2D eigenvalue weighted by atomic mass is 32.1. The Labute approximate surface area is 134 Å². The van der Waals surface area contributed by atoms with Crippen LogP contribution in [0.15, 0.2) is 36.4 Å². The summed E-state index contributed by atoms with van der Waals surface area (Å²) in [4.78, 5) is 10.7. The van der Waals surface area contributed by atoms with Crippen LogP contribution in [-0.4, -0.2) is 10.0 Å². The quantitative estimate of drug-likeness (QED) is 0.501. The maximum Gasteiger partial charge on any atom is 0.293 e. The molecule has 5 nitrogen and oxygen atoms in total. The van der Waals surface area contributed by atoms with Crippen LogP contribution in [0.3, 0.4) is 0 Å². The molecule has 22 heavy (non-hydrogen) atoms. The lowest BCUT2D eigenvalue weighted by atomic mass is 10.1. The average molecular weight is 315 g/mol. The first-order valence-electron chi connectivity index (χ1n) is 6.77. The molecule has 2 rings (SSSR count). The van der Waals surface area contributed by atoms with E-state index in [0.29, 0.717) is 10.8 Å². The smallest absolute Gasteiger partial charge is 0.293 e. The van der Waals surface area contributed by atoms with Gasteiger partial charge in [-0.1, -0.05) is 24.3 Å². The van der Waals surface area contributed by atoms with Crippen LogP contribution >= 0.6 is 12.2 Å². The number of thiocarbonyl (C=S) groups is 1. The minimum Gasteiger partial charge on any atom is -0.332 e. The van der Waals surface area contributed by atoms with E-state index in [-0.39, 0.29) is 5.69 Å². The summed E-state index contributed by atoms with van der Waals surface area (Å²) in [6.07, 6.45) is 0. The van der Waals surface area contributed by atoms with Crippen molar-refractivity contribution in [2.45, 2.75) is 20.8 Å². The lowest BCUT2D eigenvalue weighted by Crippen LogP contribution is -2.21. The van der Waals surface area contributed by atoms with E-state index in [2.05, 4.69) is 10.6 Å². The number of nitro groups is 1. The van der Waals surface area contributed by atoms with Crippen LogP contribution in [0.2, 0.25) is 0 Å². The van der Waals surface area contributed by atoms with Crippen molar-refractivity contribution >= 4 is 34.4 Å². The second-order valence-corrected chi connectivity index (χ2v) is 5.53. The molecule has 0 radical (unpaired) electrons. The number of nitro benzene ring substituents is 1. The zero-order valence-corrected chi connectivity index (χ0v) is 13.5. The van der Waals surface area contributed by atoms with E-state index in [1.165, 1.54) is 6.07 Å². The van der Waals surface area contributed by atoms with Crippen LogP contribution in [0.4, 0.5) is 17.1 Å². The number of rotatable bonds is 3. The summed E-state index contributed by atoms with van der Waals surface area (Å²) >= 11 is 5.28. The fourth-order valence-corrected chi connectivity index (χ4v) is 2.32. The van der Waals surface area contributed by atoms with Gasteiger partial charge in [-0.2, -0.15) is 0 Å². The molecule has 0 amide bonds. The molecule has 0 saturated carbocycles. The fraction of sp³-hybridized carbons (Fsp3) is 0.188. The third-order valence-electron chi connectivity index (χ3n) is 3.33. The molecule has 114 valence electrons. The number of hydrogen-bond donors (Lipinski definition) is 2. The zero-order valence-electron chi connectivity index (χ0n) is 12.6. The lowest BCUT2D eigenvalue weighted by molar-refractivity contribution is -0.383. The van der Waals surface area contributed by atoms with E-state index in [1.54, 1.807) is 19.1 Å². The van der Waals surface area contributed by atoms with E-state index in [1.807, 2.05) is 32.0 Å². The van der Waals surface area contributed by atoms with Crippen LogP contribution in [0.1, 0.15) is 16.7 Å². The number of nitrogens with zero attached hydrogens (tertiary/aromatic N) is 1. The monoisotopic (exact) mass is 315 g/mol. The summed E-state index contributed by atoms with van der Waals surface area (Å²) in [5, 5.41) is 17.5. The highest BCUT2D eigenvalue weighted by Gasteiger charge is 2.16. The van der Waals surface area contributed by atoms with Gasteiger partial charge in [0.05, 0.1) is 4.92 Å². The second-order valence-electron chi connectivity index (χ2n) is 5.12. The predicted molar refractivity (Wildman–Crippen MR) is 93.6 cm³/mol. The van der Waals surface area contributed by atoms with Crippen molar-refractivity contribution in [3.8, 4) is 0 Å². The molecule has 2 aromatic rings. The third kappa shape index (κ3) is 3.59. The van der Waals surface area contributed by atoms with E-state index in [0.717, 1.165) is 22.4 Å². The van der Waals surface area contributed by atoms with Gasteiger partial charge < -0.3 is 10.6 Å². The summed E-state index contributed by atoms with van der Waals surface area (Å²) in [6.45, 7) is 5.77. The van der Waals surface area contributed by atoms with E-state index >= 15 is 0 Å². The Balaban J connectivity index is 2.23. The van der Waals surface area contributed by atoms with Crippen molar-refractivity contribution in [3.05, 3.63) is 63.2 Å². The SMILES string of the molecule is Cc1ccc(C)c(NC(=S)Nc2c(C)cccc2[N+](=O)[O-])c1. The molecular formula is C16H17N3O2S. The van der Waals surface area contributed by atoms with Crippen LogP contribution in [-0.2, 0) is 0 Å². The molecule has 0 aliphatic carbocycles. The Bertz CT molecular complexity index is 744. The molecule has 0 unspecified atom stereocenters. The normalized spacial score (nSPS) is 10.1. The van der Waals surface area contributed by atoms with Crippen molar-refractivity contribution in [1.82, 2.24) is 0 Å². The Hall–Kier alpha value is -2.47. The van der Waals surface area contributed by atoms with Gasteiger partial charge in [0.25, 0.3) is 5.69 Å². The first-order chi connectivity index (χ1) is 10.4. The molecule has 0 heterocycles. The van der Waals surface area contributed by atoms with Gasteiger partial charge in [0.15, 0.2) is 5.11 Å². The molecule has 0 spiro atoms. The Morgan fingerprint density at radius 1 is 1.09 bits per heavy atom. The van der Waals surface area contributed by atoms with Gasteiger partial charge in [0, 0.05) is 11.8 Å². The molecule has 2 N–H and O–H groups in total. The van der Waals surface area contributed by atoms with Crippen molar-refractivity contribution in [1.29, 1.82) is 0 Å². The van der Waals surface area contributed by atoms with E-state index < -0.39 is 4.92 Å². The van der Waals surface area contributed by atoms with Gasteiger partial charge in [0.1, 0.15) is 5.69 Å². The summed E-state index contributed by atoms with van der Waals surface area (Å²) < 4.78 is 0. The molecule has 0 atom stereocenters. The fourth-order valence-electron chi connectivity index (χ4n) is 2.10. The van der Waals surface area contributed by atoms with Gasteiger partial charge in [-0.15, -0.1) is 0 Å². The van der Waals surface area contributed by atoms with Gasteiger partial charge >= 0.3 is 0 Å².